The Morgan fingerprint density at radius 3 is 2.27 bits per heavy atom. The third-order valence-electron chi connectivity index (χ3n) is 3.24. The van der Waals surface area contributed by atoms with Gasteiger partial charge in [0.1, 0.15) is 6.04 Å². The molecule has 0 heterocycles. The van der Waals surface area contributed by atoms with Crippen LogP contribution < -0.4 is 21.7 Å². The van der Waals surface area contributed by atoms with E-state index in [2.05, 4.69) is 16.0 Å². The van der Waals surface area contributed by atoms with Crippen molar-refractivity contribution in [3.63, 3.8) is 0 Å². The number of rotatable bonds is 6. The molecule has 1 aromatic carbocycles. The van der Waals surface area contributed by atoms with Gasteiger partial charge in [-0.15, -0.1) is 0 Å². The van der Waals surface area contributed by atoms with Crippen LogP contribution in [0.3, 0.4) is 0 Å². The van der Waals surface area contributed by atoms with E-state index in [1.165, 1.54) is 6.92 Å². The summed E-state index contributed by atoms with van der Waals surface area (Å²) in [5, 5.41) is 7.80. The summed E-state index contributed by atoms with van der Waals surface area (Å²) in [6.45, 7) is 5.18. The van der Waals surface area contributed by atoms with Crippen molar-refractivity contribution in [3.05, 3.63) is 24.3 Å². The molecule has 120 valence electrons. The molecule has 5 N–H and O–H groups in total. The Hall–Kier alpha value is -2.57. The summed E-state index contributed by atoms with van der Waals surface area (Å²) in [5.41, 5.74) is 6.22. The second-order valence-electron chi connectivity index (χ2n) is 5.12. The third kappa shape index (κ3) is 5.43. The molecule has 0 saturated heterocycles. The first-order valence-corrected chi connectivity index (χ1v) is 7.08. The number of primary amides is 1. The van der Waals surface area contributed by atoms with Gasteiger partial charge in [-0.05, 0) is 24.1 Å². The van der Waals surface area contributed by atoms with Gasteiger partial charge < -0.3 is 21.7 Å². The number of urea groups is 1. The minimum absolute atomic E-state index is 0.0639. The lowest BCUT2D eigenvalue weighted by atomic mass is 9.98. The van der Waals surface area contributed by atoms with Crippen molar-refractivity contribution in [1.82, 2.24) is 5.32 Å². The molecule has 7 heteroatoms. The summed E-state index contributed by atoms with van der Waals surface area (Å²) in [7, 11) is 0. The number of nitrogens with two attached hydrogens (primary N) is 1. The van der Waals surface area contributed by atoms with Crippen molar-refractivity contribution in [2.75, 3.05) is 10.6 Å². The van der Waals surface area contributed by atoms with Crippen LogP contribution >= 0.6 is 0 Å². The number of carbonyl (C=O) groups excluding carboxylic acids is 3. The summed E-state index contributed by atoms with van der Waals surface area (Å²) in [4.78, 5) is 34.4. The quantitative estimate of drug-likeness (QED) is 0.641. The number of hydrogen-bond acceptors (Lipinski definition) is 3. The molecule has 0 fully saturated rings. The fraction of sp³-hybridized carbons (Fsp3) is 0.400. The zero-order chi connectivity index (χ0) is 16.7. The summed E-state index contributed by atoms with van der Waals surface area (Å²) in [6, 6.07) is 5.29. The lowest BCUT2D eigenvalue weighted by molar-refractivity contribution is -0.119. The molecule has 0 radical (unpaired) electrons. The lowest BCUT2D eigenvalue weighted by Gasteiger charge is -2.22. The van der Waals surface area contributed by atoms with E-state index in [0.717, 1.165) is 0 Å². The number of carbonyl (C=O) groups is 3. The molecular formula is C15H22N4O3. The Labute approximate surface area is 129 Å². The largest absolute Gasteiger partial charge is 0.352 e. The van der Waals surface area contributed by atoms with Gasteiger partial charge in [-0.25, -0.2) is 4.79 Å². The zero-order valence-electron chi connectivity index (χ0n) is 13.0. The van der Waals surface area contributed by atoms with Gasteiger partial charge in [0.05, 0.1) is 0 Å². The van der Waals surface area contributed by atoms with Crippen LogP contribution in [0.5, 0.6) is 0 Å². The molecule has 4 amide bonds. The van der Waals surface area contributed by atoms with Crippen molar-refractivity contribution in [3.8, 4) is 0 Å². The smallest absolute Gasteiger partial charge is 0.312 e. The summed E-state index contributed by atoms with van der Waals surface area (Å²) < 4.78 is 0. The molecule has 0 saturated carbocycles. The Kier molecular flexibility index (Phi) is 6.37. The molecule has 1 rings (SSSR count). The van der Waals surface area contributed by atoms with E-state index in [1.807, 2.05) is 13.8 Å². The highest BCUT2D eigenvalue weighted by Crippen LogP contribution is 2.17. The van der Waals surface area contributed by atoms with E-state index in [0.29, 0.717) is 17.8 Å². The zero-order valence-corrected chi connectivity index (χ0v) is 13.0. The van der Waals surface area contributed by atoms with E-state index in [-0.39, 0.29) is 17.7 Å². The van der Waals surface area contributed by atoms with E-state index >= 15 is 0 Å². The van der Waals surface area contributed by atoms with Gasteiger partial charge in [0.2, 0.25) is 11.8 Å². The highest BCUT2D eigenvalue weighted by atomic mass is 16.2. The molecule has 2 atom stereocenters. The Bertz CT molecular complexity index is 559. The molecule has 0 aliphatic heterocycles. The number of benzene rings is 1. The monoisotopic (exact) mass is 306 g/mol. The van der Waals surface area contributed by atoms with Crippen LogP contribution in [0, 0.1) is 5.92 Å². The summed E-state index contributed by atoms with van der Waals surface area (Å²) >= 11 is 0. The fourth-order valence-corrected chi connectivity index (χ4v) is 1.95. The van der Waals surface area contributed by atoms with Gasteiger partial charge in [-0.2, -0.15) is 0 Å². The van der Waals surface area contributed by atoms with Crippen molar-refractivity contribution < 1.29 is 14.4 Å². The van der Waals surface area contributed by atoms with Crippen LogP contribution in [0.25, 0.3) is 0 Å². The minimum Gasteiger partial charge on any atom is -0.352 e. The molecule has 1 aromatic rings. The maximum absolute atomic E-state index is 12.3. The first-order chi connectivity index (χ1) is 10.3. The van der Waals surface area contributed by atoms with Crippen molar-refractivity contribution in [2.45, 2.75) is 33.2 Å². The summed E-state index contributed by atoms with van der Waals surface area (Å²) in [5.74, 6) is -0.615. The first-order valence-electron chi connectivity index (χ1n) is 7.08. The van der Waals surface area contributed by atoms with E-state index in [1.54, 1.807) is 24.3 Å². The third-order valence-corrected chi connectivity index (χ3v) is 3.24. The highest BCUT2D eigenvalue weighted by Gasteiger charge is 2.25. The topological polar surface area (TPSA) is 113 Å². The molecule has 0 aliphatic rings. The molecule has 0 aromatic heterocycles. The van der Waals surface area contributed by atoms with E-state index in [4.69, 9.17) is 5.73 Å². The molecule has 0 bridgehead atoms. The Balaban J connectivity index is 2.84. The second kappa shape index (κ2) is 8.02. The van der Waals surface area contributed by atoms with Gasteiger partial charge in [0.25, 0.3) is 0 Å². The average Bonchev–Trinajstić information content (AvgIpc) is 2.43. The summed E-state index contributed by atoms with van der Waals surface area (Å²) in [6.07, 6.45) is 0.713. The van der Waals surface area contributed by atoms with Crippen molar-refractivity contribution in [1.29, 1.82) is 0 Å². The number of anilines is 2. The molecular weight excluding hydrogens is 284 g/mol. The minimum atomic E-state index is -0.743. The molecule has 2 unspecified atom stereocenters. The van der Waals surface area contributed by atoms with Crippen LogP contribution in [0.1, 0.15) is 27.2 Å². The van der Waals surface area contributed by atoms with Gasteiger partial charge in [-0.3, -0.25) is 9.59 Å². The van der Waals surface area contributed by atoms with Crippen LogP contribution in [0.2, 0.25) is 0 Å². The number of nitrogens with one attached hydrogen (secondary N) is 3. The maximum Gasteiger partial charge on any atom is 0.312 e. The molecule has 7 nitrogen and oxygen atoms in total. The molecule has 0 aliphatic carbocycles. The van der Waals surface area contributed by atoms with Gasteiger partial charge in [0.15, 0.2) is 0 Å². The van der Waals surface area contributed by atoms with Gasteiger partial charge in [0, 0.05) is 18.3 Å². The van der Waals surface area contributed by atoms with Gasteiger partial charge >= 0.3 is 6.03 Å². The lowest BCUT2D eigenvalue weighted by Crippen LogP contribution is -2.49. The highest BCUT2D eigenvalue weighted by molar-refractivity contribution is 5.98. The Morgan fingerprint density at radius 1 is 1.18 bits per heavy atom. The molecule has 22 heavy (non-hydrogen) atoms. The van der Waals surface area contributed by atoms with Crippen molar-refractivity contribution >= 4 is 29.2 Å². The normalized spacial score (nSPS) is 12.9. The van der Waals surface area contributed by atoms with Crippen LogP contribution in [-0.4, -0.2) is 23.9 Å². The number of hydrogen-bond donors (Lipinski definition) is 4. The van der Waals surface area contributed by atoms with E-state index in [9.17, 15) is 14.4 Å². The maximum atomic E-state index is 12.3. The predicted octanol–water partition coefficient (Wildman–Crippen LogP) is 1.67. The molecule has 0 spiro atoms. The second-order valence-corrected chi connectivity index (χ2v) is 5.12. The SMILES string of the molecule is CCC(C)C(NC(N)=O)C(=O)Nc1cccc(NC(C)=O)c1. The van der Waals surface area contributed by atoms with Crippen LogP contribution in [-0.2, 0) is 9.59 Å². The van der Waals surface area contributed by atoms with Crippen LogP contribution in [0.4, 0.5) is 16.2 Å². The average molecular weight is 306 g/mol. The van der Waals surface area contributed by atoms with Gasteiger partial charge in [-0.1, -0.05) is 26.3 Å². The van der Waals surface area contributed by atoms with Crippen molar-refractivity contribution in [2.24, 2.45) is 11.7 Å². The first kappa shape index (κ1) is 17.5. The predicted molar refractivity (Wildman–Crippen MR) is 85.3 cm³/mol. The fourth-order valence-electron chi connectivity index (χ4n) is 1.95. The Morgan fingerprint density at radius 2 is 1.77 bits per heavy atom. The number of amides is 4. The standard InChI is InChI=1S/C15H22N4O3/c1-4-9(2)13(19-15(16)22)14(21)18-12-7-5-6-11(8-12)17-10(3)20/h5-9,13H,4H2,1-3H3,(H,17,20)(H,18,21)(H3,16,19,22). The van der Waals surface area contributed by atoms with E-state index < -0.39 is 12.1 Å². The van der Waals surface area contributed by atoms with Crippen LogP contribution in [0.15, 0.2) is 24.3 Å².